The predicted octanol–water partition coefficient (Wildman–Crippen LogP) is 4.34. The van der Waals surface area contributed by atoms with Gasteiger partial charge >= 0.3 is 0 Å². The summed E-state index contributed by atoms with van der Waals surface area (Å²) < 4.78 is 14.0. The number of rotatable bonds is 7. The van der Waals surface area contributed by atoms with E-state index < -0.39 is 0 Å². The molecule has 0 amide bonds. The zero-order chi connectivity index (χ0) is 13.5. The first-order chi connectivity index (χ1) is 8.60. The SMILES string of the molecule is CCC(CC)C(CNC(C)C)c1ccccc1F. The topological polar surface area (TPSA) is 12.0 Å². The number of halogens is 1. The number of hydrogen-bond donors (Lipinski definition) is 1. The molecule has 1 unspecified atom stereocenters. The van der Waals surface area contributed by atoms with E-state index in [0.29, 0.717) is 12.0 Å². The minimum absolute atomic E-state index is 0.0695. The van der Waals surface area contributed by atoms with Crippen molar-refractivity contribution in [2.45, 2.75) is 52.5 Å². The summed E-state index contributed by atoms with van der Waals surface area (Å²) in [5.41, 5.74) is 0.861. The first-order valence-corrected chi connectivity index (χ1v) is 7.07. The van der Waals surface area contributed by atoms with Crippen LogP contribution in [0, 0.1) is 11.7 Å². The number of benzene rings is 1. The molecule has 102 valence electrons. The standard InChI is InChI=1S/C16H26FN/c1-5-13(6-2)15(11-18-12(3)4)14-9-7-8-10-16(14)17/h7-10,12-13,15,18H,5-6,11H2,1-4H3. The van der Waals surface area contributed by atoms with Gasteiger partial charge in [-0.05, 0) is 17.5 Å². The van der Waals surface area contributed by atoms with E-state index in [-0.39, 0.29) is 11.7 Å². The third-order valence-electron chi connectivity index (χ3n) is 3.67. The van der Waals surface area contributed by atoms with Crippen LogP contribution in [0.1, 0.15) is 52.0 Å². The Morgan fingerprint density at radius 1 is 1.11 bits per heavy atom. The van der Waals surface area contributed by atoms with Gasteiger partial charge in [0, 0.05) is 18.5 Å². The highest BCUT2D eigenvalue weighted by Crippen LogP contribution is 2.30. The molecule has 0 aliphatic heterocycles. The molecule has 1 rings (SSSR count). The van der Waals surface area contributed by atoms with Crippen LogP contribution >= 0.6 is 0 Å². The molecule has 2 heteroatoms. The molecule has 1 aromatic carbocycles. The van der Waals surface area contributed by atoms with Gasteiger partial charge in [0.2, 0.25) is 0 Å². The molecule has 1 atom stereocenters. The molecular formula is C16H26FN. The molecule has 1 aromatic rings. The summed E-state index contributed by atoms with van der Waals surface area (Å²) in [6, 6.07) is 7.64. The van der Waals surface area contributed by atoms with E-state index >= 15 is 0 Å². The fraction of sp³-hybridized carbons (Fsp3) is 0.625. The Hall–Kier alpha value is -0.890. The highest BCUT2D eigenvalue weighted by molar-refractivity contribution is 5.23. The second-order valence-electron chi connectivity index (χ2n) is 5.27. The van der Waals surface area contributed by atoms with Crippen molar-refractivity contribution in [1.82, 2.24) is 5.32 Å². The first-order valence-electron chi connectivity index (χ1n) is 7.07. The summed E-state index contributed by atoms with van der Waals surface area (Å²) in [5, 5.41) is 3.45. The van der Waals surface area contributed by atoms with Gasteiger partial charge in [-0.2, -0.15) is 0 Å². The van der Waals surface area contributed by atoms with Crippen molar-refractivity contribution < 1.29 is 4.39 Å². The molecule has 1 nitrogen and oxygen atoms in total. The van der Waals surface area contributed by atoms with Crippen LogP contribution < -0.4 is 5.32 Å². The maximum absolute atomic E-state index is 14.0. The predicted molar refractivity (Wildman–Crippen MR) is 76.4 cm³/mol. The summed E-state index contributed by atoms with van der Waals surface area (Å²) >= 11 is 0. The monoisotopic (exact) mass is 251 g/mol. The Morgan fingerprint density at radius 3 is 2.22 bits per heavy atom. The minimum atomic E-state index is -0.0695. The van der Waals surface area contributed by atoms with E-state index in [2.05, 4.69) is 33.0 Å². The molecule has 0 heterocycles. The van der Waals surface area contributed by atoms with Crippen LogP contribution in [0.15, 0.2) is 24.3 Å². The van der Waals surface area contributed by atoms with Crippen molar-refractivity contribution in [3.05, 3.63) is 35.6 Å². The number of nitrogens with one attached hydrogen (secondary N) is 1. The lowest BCUT2D eigenvalue weighted by atomic mass is 9.82. The van der Waals surface area contributed by atoms with Crippen LogP contribution in [-0.2, 0) is 0 Å². The van der Waals surface area contributed by atoms with Crippen LogP contribution in [-0.4, -0.2) is 12.6 Å². The van der Waals surface area contributed by atoms with Crippen molar-refractivity contribution in [1.29, 1.82) is 0 Å². The molecule has 0 fully saturated rings. The first kappa shape index (κ1) is 15.2. The van der Waals surface area contributed by atoms with Gasteiger partial charge in [-0.15, -0.1) is 0 Å². The summed E-state index contributed by atoms with van der Waals surface area (Å²) in [6.45, 7) is 9.50. The van der Waals surface area contributed by atoms with E-state index in [9.17, 15) is 4.39 Å². The van der Waals surface area contributed by atoms with Crippen molar-refractivity contribution in [3.63, 3.8) is 0 Å². The van der Waals surface area contributed by atoms with E-state index in [1.165, 1.54) is 0 Å². The average Bonchev–Trinajstić information content (AvgIpc) is 2.35. The zero-order valence-corrected chi connectivity index (χ0v) is 12.0. The van der Waals surface area contributed by atoms with Crippen LogP contribution in [0.25, 0.3) is 0 Å². The summed E-state index contributed by atoms with van der Waals surface area (Å²) in [6.07, 6.45) is 2.19. The Kier molecular flexibility index (Phi) is 6.34. The molecule has 0 aliphatic carbocycles. The summed E-state index contributed by atoms with van der Waals surface area (Å²) in [4.78, 5) is 0. The van der Waals surface area contributed by atoms with Crippen molar-refractivity contribution in [2.24, 2.45) is 5.92 Å². The number of hydrogen-bond acceptors (Lipinski definition) is 1. The molecular weight excluding hydrogens is 225 g/mol. The Labute approximate surface area is 111 Å². The Morgan fingerprint density at radius 2 is 1.72 bits per heavy atom. The Bertz CT molecular complexity index is 345. The normalized spacial score (nSPS) is 13.3. The lowest BCUT2D eigenvalue weighted by Crippen LogP contribution is -2.31. The third-order valence-corrected chi connectivity index (χ3v) is 3.67. The van der Waals surface area contributed by atoms with Gasteiger partial charge in [0.25, 0.3) is 0 Å². The lowest BCUT2D eigenvalue weighted by molar-refractivity contribution is 0.361. The van der Waals surface area contributed by atoms with Gasteiger partial charge in [0.05, 0.1) is 0 Å². The van der Waals surface area contributed by atoms with Gasteiger partial charge in [-0.25, -0.2) is 4.39 Å². The third kappa shape index (κ3) is 4.09. The lowest BCUT2D eigenvalue weighted by Gasteiger charge is -2.27. The smallest absolute Gasteiger partial charge is 0.126 e. The summed E-state index contributed by atoms with van der Waals surface area (Å²) in [7, 11) is 0. The van der Waals surface area contributed by atoms with Crippen molar-refractivity contribution >= 4 is 0 Å². The fourth-order valence-corrected chi connectivity index (χ4v) is 2.53. The molecule has 1 N–H and O–H groups in total. The molecule has 0 spiro atoms. The quantitative estimate of drug-likeness (QED) is 0.760. The highest BCUT2D eigenvalue weighted by Gasteiger charge is 2.22. The molecule has 0 bridgehead atoms. The maximum Gasteiger partial charge on any atom is 0.126 e. The van der Waals surface area contributed by atoms with Crippen molar-refractivity contribution in [3.8, 4) is 0 Å². The molecule has 0 saturated carbocycles. The van der Waals surface area contributed by atoms with Gasteiger partial charge < -0.3 is 5.32 Å². The highest BCUT2D eigenvalue weighted by atomic mass is 19.1. The van der Waals surface area contributed by atoms with Gasteiger partial charge in [-0.3, -0.25) is 0 Å². The second kappa shape index (κ2) is 7.52. The van der Waals surface area contributed by atoms with Crippen LogP contribution in [0.2, 0.25) is 0 Å². The second-order valence-corrected chi connectivity index (χ2v) is 5.27. The van der Waals surface area contributed by atoms with E-state index in [4.69, 9.17) is 0 Å². The van der Waals surface area contributed by atoms with E-state index in [0.717, 1.165) is 24.9 Å². The van der Waals surface area contributed by atoms with Gasteiger partial charge in [0.15, 0.2) is 0 Å². The van der Waals surface area contributed by atoms with E-state index in [1.54, 1.807) is 12.1 Å². The average molecular weight is 251 g/mol. The largest absolute Gasteiger partial charge is 0.314 e. The maximum atomic E-state index is 14.0. The Balaban J connectivity index is 2.92. The van der Waals surface area contributed by atoms with Crippen LogP contribution in [0.3, 0.4) is 0 Å². The zero-order valence-electron chi connectivity index (χ0n) is 12.0. The molecule has 0 saturated heterocycles. The molecule has 0 radical (unpaired) electrons. The van der Waals surface area contributed by atoms with Crippen LogP contribution in [0.4, 0.5) is 4.39 Å². The fourth-order valence-electron chi connectivity index (χ4n) is 2.53. The van der Waals surface area contributed by atoms with Crippen LogP contribution in [0.5, 0.6) is 0 Å². The van der Waals surface area contributed by atoms with E-state index in [1.807, 2.05) is 12.1 Å². The van der Waals surface area contributed by atoms with Crippen molar-refractivity contribution in [2.75, 3.05) is 6.54 Å². The molecule has 0 aliphatic rings. The molecule has 18 heavy (non-hydrogen) atoms. The minimum Gasteiger partial charge on any atom is -0.314 e. The van der Waals surface area contributed by atoms with Gasteiger partial charge in [0.1, 0.15) is 5.82 Å². The summed E-state index contributed by atoms with van der Waals surface area (Å²) in [5.74, 6) is 0.733. The molecule has 0 aromatic heterocycles. The van der Waals surface area contributed by atoms with Gasteiger partial charge in [-0.1, -0.05) is 58.7 Å².